The molecule has 6 nitrogen and oxygen atoms in total. The molecular weight excluding hydrogens is 364 g/mol. The van der Waals surface area contributed by atoms with Crippen LogP contribution in [0.25, 0.3) is 0 Å². The third kappa shape index (κ3) is 2.10. The van der Waals surface area contributed by atoms with Gasteiger partial charge >= 0.3 is 0 Å². The predicted octanol–water partition coefficient (Wildman–Crippen LogP) is 3.10. The van der Waals surface area contributed by atoms with Gasteiger partial charge in [0.1, 0.15) is 17.3 Å². The van der Waals surface area contributed by atoms with E-state index in [1.165, 1.54) is 0 Å². The van der Waals surface area contributed by atoms with E-state index in [9.17, 15) is 14.9 Å². The van der Waals surface area contributed by atoms with E-state index < -0.39 is 11.3 Å². The maximum atomic E-state index is 13.4. The molecule has 0 radical (unpaired) electrons. The van der Waals surface area contributed by atoms with E-state index in [1.807, 2.05) is 42.5 Å². The van der Waals surface area contributed by atoms with Gasteiger partial charge in [0.2, 0.25) is 5.91 Å². The van der Waals surface area contributed by atoms with Crippen molar-refractivity contribution in [1.82, 2.24) is 0 Å². The number of Topliss-reactive ketones (excluding diaryl/α,β-unsaturated/α-hetero) is 1. The van der Waals surface area contributed by atoms with E-state index in [0.29, 0.717) is 41.8 Å². The van der Waals surface area contributed by atoms with E-state index in [0.717, 1.165) is 5.69 Å². The second-order valence-electron chi connectivity index (χ2n) is 7.39. The molecule has 2 heterocycles. The number of amides is 1. The molecule has 2 aromatic rings. The number of nitriles is 1. The Morgan fingerprint density at radius 1 is 1.03 bits per heavy atom. The molecule has 0 aromatic heterocycles. The Kier molecular flexibility index (Phi) is 3.62. The molecule has 2 aromatic carbocycles. The molecule has 0 saturated carbocycles. The lowest BCUT2D eigenvalue weighted by molar-refractivity contribution is -0.122. The SMILES string of the molecule is N#CC1=C(N)N(c2ccccc2)C2=C(C(=O)CCC2)C12C(=O)Nc1ccccc12. The molecule has 1 spiro atoms. The number of nitrogens with two attached hydrogens (primary N) is 1. The van der Waals surface area contributed by atoms with Crippen LogP contribution in [0.4, 0.5) is 11.4 Å². The highest BCUT2D eigenvalue weighted by atomic mass is 16.2. The number of anilines is 2. The van der Waals surface area contributed by atoms with Crippen LogP contribution in [0.3, 0.4) is 0 Å². The molecule has 2 aliphatic heterocycles. The van der Waals surface area contributed by atoms with Gasteiger partial charge in [-0.05, 0) is 31.0 Å². The highest BCUT2D eigenvalue weighted by Crippen LogP contribution is 2.54. The van der Waals surface area contributed by atoms with Crippen molar-refractivity contribution in [1.29, 1.82) is 5.26 Å². The van der Waals surface area contributed by atoms with Gasteiger partial charge < -0.3 is 11.1 Å². The molecule has 3 aliphatic rings. The van der Waals surface area contributed by atoms with Crippen LogP contribution >= 0.6 is 0 Å². The molecule has 0 fully saturated rings. The van der Waals surface area contributed by atoms with Gasteiger partial charge in [0.25, 0.3) is 0 Å². The molecule has 0 bridgehead atoms. The number of allylic oxidation sites excluding steroid dienone is 1. The number of hydrogen-bond acceptors (Lipinski definition) is 5. The molecule has 0 saturated heterocycles. The molecule has 29 heavy (non-hydrogen) atoms. The number of ketones is 1. The van der Waals surface area contributed by atoms with Crippen LogP contribution in [0.1, 0.15) is 24.8 Å². The zero-order valence-electron chi connectivity index (χ0n) is 15.6. The van der Waals surface area contributed by atoms with Gasteiger partial charge in [-0.15, -0.1) is 0 Å². The van der Waals surface area contributed by atoms with Crippen molar-refractivity contribution < 1.29 is 9.59 Å². The predicted molar refractivity (Wildman–Crippen MR) is 108 cm³/mol. The zero-order chi connectivity index (χ0) is 20.2. The molecule has 6 heteroatoms. The molecule has 1 unspecified atom stereocenters. The lowest BCUT2D eigenvalue weighted by atomic mass is 9.64. The Hall–Kier alpha value is -3.85. The summed E-state index contributed by atoms with van der Waals surface area (Å²) in [7, 11) is 0. The first-order valence-corrected chi connectivity index (χ1v) is 9.54. The maximum absolute atomic E-state index is 13.4. The summed E-state index contributed by atoms with van der Waals surface area (Å²) in [4.78, 5) is 28.4. The van der Waals surface area contributed by atoms with E-state index in [2.05, 4.69) is 11.4 Å². The van der Waals surface area contributed by atoms with Gasteiger partial charge in [-0.2, -0.15) is 5.26 Å². The summed E-state index contributed by atoms with van der Waals surface area (Å²) < 4.78 is 0. The van der Waals surface area contributed by atoms with Gasteiger partial charge in [-0.25, -0.2) is 0 Å². The Labute approximate surface area is 167 Å². The standard InChI is InChI=1S/C23H18N4O2/c24-13-16-21(25)27(14-7-2-1-3-8-14)18-11-6-12-19(28)20(18)23(16)15-9-4-5-10-17(15)26-22(23)29/h1-5,7-10H,6,11-12,25H2,(H,26,29). The highest BCUT2D eigenvalue weighted by Gasteiger charge is 2.59. The first-order valence-electron chi connectivity index (χ1n) is 9.54. The van der Waals surface area contributed by atoms with Gasteiger partial charge in [-0.1, -0.05) is 36.4 Å². The van der Waals surface area contributed by atoms with Crippen molar-refractivity contribution >= 4 is 23.1 Å². The number of fused-ring (bicyclic) bond motifs is 3. The molecule has 142 valence electrons. The van der Waals surface area contributed by atoms with Crippen molar-refractivity contribution in [2.24, 2.45) is 5.73 Å². The molecule has 3 N–H and O–H groups in total. The summed E-state index contributed by atoms with van der Waals surface area (Å²) in [5.74, 6) is -0.313. The van der Waals surface area contributed by atoms with E-state index >= 15 is 0 Å². The number of nitrogens with one attached hydrogen (secondary N) is 1. The second-order valence-corrected chi connectivity index (χ2v) is 7.39. The quantitative estimate of drug-likeness (QED) is 0.790. The molecule has 1 atom stereocenters. The van der Waals surface area contributed by atoms with Crippen LogP contribution in [-0.2, 0) is 15.0 Å². The summed E-state index contributed by atoms with van der Waals surface area (Å²) in [6.45, 7) is 0. The number of para-hydroxylation sites is 2. The minimum absolute atomic E-state index is 0.0952. The molecule has 1 aliphatic carbocycles. The number of carbonyl (C=O) groups excluding carboxylic acids is 2. The Morgan fingerprint density at radius 3 is 2.52 bits per heavy atom. The topological polar surface area (TPSA) is 99.2 Å². The number of rotatable bonds is 1. The van der Waals surface area contributed by atoms with Crippen molar-refractivity contribution in [2.75, 3.05) is 10.2 Å². The van der Waals surface area contributed by atoms with Crippen LogP contribution in [0.15, 0.2) is 77.3 Å². The summed E-state index contributed by atoms with van der Waals surface area (Å²) in [6, 6.07) is 18.8. The Balaban J connectivity index is 1.90. The first kappa shape index (κ1) is 17.3. The average molecular weight is 382 g/mol. The molecule has 5 rings (SSSR count). The summed E-state index contributed by atoms with van der Waals surface area (Å²) in [5, 5.41) is 13.0. The Morgan fingerprint density at radius 2 is 1.76 bits per heavy atom. The van der Waals surface area contributed by atoms with Crippen LogP contribution in [0, 0.1) is 11.3 Å². The van der Waals surface area contributed by atoms with Gasteiger partial charge in [0, 0.05) is 34.6 Å². The van der Waals surface area contributed by atoms with Crippen LogP contribution in [0.2, 0.25) is 0 Å². The van der Waals surface area contributed by atoms with E-state index in [4.69, 9.17) is 5.73 Å². The number of carbonyl (C=O) groups is 2. The van der Waals surface area contributed by atoms with Crippen molar-refractivity contribution in [3.05, 3.63) is 82.8 Å². The monoisotopic (exact) mass is 382 g/mol. The zero-order valence-corrected chi connectivity index (χ0v) is 15.6. The van der Waals surface area contributed by atoms with Gasteiger partial charge in [-0.3, -0.25) is 14.5 Å². The normalized spacial score (nSPS) is 23.1. The third-order valence-corrected chi connectivity index (χ3v) is 5.95. The lowest BCUT2D eigenvalue weighted by Gasteiger charge is -2.43. The fraction of sp³-hybridized carbons (Fsp3) is 0.174. The van der Waals surface area contributed by atoms with Crippen molar-refractivity contribution in [2.45, 2.75) is 24.7 Å². The summed E-state index contributed by atoms with van der Waals surface area (Å²) >= 11 is 0. The smallest absolute Gasteiger partial charge is 0.245 e. The van der Waals surface area contributed by atoms with E-state index in [1.54, 1.807) is 17.0 Å². The van der Waals surface area contributed by atoms with Crippen LogP contribution in [0.5, 0.6) is 0 Å². The average Bonchev–Trinajstić information content (AvgIpc) is 3.02. The number of hydrogen-bond donors (Lipinski definition) is 2. The Bertz CT molecular complexity index is 1170. The van der Waals surface area contributed by atoms with Gasteiger partial charge in [0.15, 0.2) is 5.78 Å². The van der Waals surface area contributed by atoms with E-state index in [-0.39, 0.29) is 17.2 Å². The maximum Gasteiger partial charge on any atom is 0.245 e. The first-order chi connectivity index (χ1) is 14.1. The fourth-order valence-corrected chi connectivity index (χ4v) is 4.82. The minimum atomic E-state index is -1.49. The summed E-state index contributed by atoms with van der Waals surface area (Å²) in [6.07, 6.45) is 1.62. The number of nitrogens with zero attached hydrogens (tertiary/aromatic N) is 2. The molecule has 1 amide bonds. The van der Waals surface area contributed by atoms with Crippen LogP contribution < -0.4 is 16.0 Å². The number of benzene rings is 2. The highest BCUT2D eigenvalue weighted by molar-refractivity contribution is 6.19. The largest absolute Gasteiger partial charge is 0.384 e. The van der Waals surface area contributed by atoms with Gasteiger partial charge in [0.05, 0.1) is 5.57 Å². The van der Waals surface area contributed by atoms with Crippen molar-refractivity contribution in [3.8, 4) is 6.07 Å². The van der Waals surface area contributed by atoms with Crippen LogP contribution in [-0.4, -0.2) is 11.7 Å². The van der Waals surface area contributed by atoms with Crippen molar-refractivity contribution in [3.63, 3.8) is 0 Å². The molecular formula is C23H18N4O2. The minimum Gasteiger partial charge on any atom is -0.384 e. The second kappa shape index (κ2) is 6.08. The lowest BCUT2D eigenvalue weighted by Crippen LogP contribution is -2.50. The fourth-order valence-electron chi connectivity index (χ4n) is 4.82. The summed E-state index contributed by atoms with van der Waals surface area (Å²) in [5.41, 5.74) is 8.22. The third-order valence-electron chi connectivity index (χ3n) is 5.95.